The van der Waals surface area contributed by atoms with Crippen molar-refractivity contribution >= 4 is 0 Å². The Morgan fingerprint density at radius 1 is 1.64 bits per heavy atom. The van der Waals surface area contributed by atoms with E-state index in [4.69, 9.17) is 5.11 Å². The Morgan fingerprint density at radius 2 is 2.36 bits per heavy atom. The summed E-state index contributed by atoms with van der Waals surface area (Å²) in [4.78, 5) is 2.37. The molecule has 0 radical (unpaired) electrons. The highest BCUT2D eigenvalue weighted by Crippen LogP contribution is 2.24. The minimum atomic E-state index is 0.349. The molecule has 0 amide bonds. The number of likely N-dealkylation sites (tertiary alicyclic amines) is 1. The summed E-state index contributed by atoms with van der Waals surface area (Å²) in [5.41, 5.74) is 0. The smallest absolute Gasteiger partial charge is 0.0433 e. The maximum absolute atomic E-state index is 8.75. The molecule has 1 rings (SSSR count). The third-order valence-corrected chi connectivity index (χ3v) is 2.82. The van der Waals surface area contributed by atoms with Crippen molar-refractivity contribution in [3.63, 3.8) is 0 Å². The third-order valence-electron chi connectivity index (χ3n) is 2.82. The lowest BCUT2D eigenvalue weighted by molar-refractivity contribution is 0.229. The molecular weight excluding hydrogens is 138 g/mol. The lowest BCUT2D eigenvalue weighted by atomic mass is 9.91. The fourth-order valence-electron chi connectivity index (χ4n) is 1.87. The summed E-state index contributed by atoms with van der Waals surface area (Å²) in [5.74, 6) is 1.53. The topological polar surface area (TPSA) is 23.5 Å². The van der Waals surface area contributed by atoms with Gasteiger partial charge in [0, 0.05) is 13.2 Å². The second-order valence-corrected chi connectivity index (χ2v) is 3.80. The Balaban J connectivity index is 2.25. The van der Waals surface area contributed by atoms with Gasteiger partial charge in [0.1, 0.15) is 0 Å². The second kappa shape index (κ2) is 4.07. The fraction of sp³-hybridized carbons (Fsp3) is 1.00. The zero-order valence-electron chi connectivity index (χ0n) is 7.58. The van der Waals surface area contributed by atoms with E-state index < -0.39 is 0 Å². The van der Waals surface area contributed by atoms with Crippen LogP contribution in [0, 0.1) is 11.8 Å². The molecule has 0 aromatic heterocycles. The van der Waals surface area contributed by atoms with Gasteiger partial charge in [0.2, 0.25) is 0 Å². The van der Waals surface area contributed by atoms with Gasteiger partial charge in [-0.15, -0.1) is 0 Å². The van der Waals surface area contributed by atoms with Gasteiger partial charge in [0.25, 0.3) is 0 Å². The van der Waals surface area contributed by atoms with Crippen LogP contribution < -0.4 is 0 Å². The van der Waals surface area contributed by atoms with Crippen LogP contribution >= 0.6 is 0 Å². The van der Waals surface area contributed by atoms with Crippen molar-refractivity contribution in [2.45, 2.75) is 19.8 Å². The number of nitrogens with zero attached hydrogens (tertiary/aromatic N) is 1. The average Bonchev–Trinajstić information content (AvgIpc) is 2.36. The van der Waals surface area contributed by atoms with E-state index in [9.17, 15) is 0 Å². The molecular formula is C9H19NO. The molecule has 0 aliphatic carbocycles. The van der Waals surface area contributed by atoms with Crippen LogP contribution in [0.4, 0.5) is 0 Å². The number of aliphatic hydroxyl groups is 1. The van der Waals surface area contributed by atoms with Crippen LogP contribution in [-0.2, 0) is 0 Å². The zero-order valence-corrected chi connectivity index (χ0v) is 7.58. The van der Waals surface area contributed by atoms with Gasteiger partial charge >= 0.3 is 0 Å². The average molecular weight is 157 g/mol. The van der Waals surface area contributed by atoms with Gasteiger partial charge in [-0.25, -0.2) is 0 Å². The summed E-state index contributed by atoms with van der Waals surface area (Å²) in [7, 11) is 2.17. The Bertz CT molecular complexity index is 116. The predicted octanol–water partition coefficient (Wildman–Crippen LogP) is 0.957. The third kappa shape index (κ3) is 2.46. The van der Waals surface area contributed by atoms with E-state index >= 15 is 0 Å². The molecule has 1 fully saturated rings. The van der Waals surface area contributed by atoms with E-state index in [0.29, 0.717) is 12.5 Å². The van der Waals surface area contributed by atoms with Crippen LogP contribution in [-0.4, -0.2) is 36.8 Å². The van der Waals surface area contributed by atoms with Crippen molar-refractivity contribution in [3.8, 4) is 0 Å². The first kappa shape index (κ1) is 9.01. The SMILES string of the molecule is CC(CCO)C1CCN(C)C1. The Labute approximate surface area is 69.2 Å². The van der Waals surface area contributed by atoms with Gasteiger partial charge in [-0.05, 0) is 38.3 Å². The summed E-state index contributed by atoms with van der Waals surface area (Å²) in [6, 6.07) is 0. The Kier molecular flexibility index (Phi) is 3.34. The summed E-state index contributed by atoms with van der Waals surface area (Å²) in [6.45, 7) is 5.06. The van der Waals surface area contributed by atoms with Gasteiger partial charge in [-0.3, -0.25) is 0 Å². The van der Waals surface area contributed by atoms with Crippen molar-refractivity contribution in [1.82, 2.24) is 4.90 Å². The Morgan fingerprint density at radius 3 is 2.82 bits per heavy atom. The second-order valence-electron chi connectivity index (χ2n) is 3.80. The molecule has 11 heavy (non-hydrogen) atoms. The molecule has 0 bridgehead atoms. The molecule has 2 nitrogen and oxygen atoms in total. The van der Waals surface area contributed by atoms with Crippen LogP contribution in [0.15, 0.2) is 0 Å². The van der Waals surface area contributed by atoms with Crippen molar-refractivity contribution in [2.24, 2.45) is 11.8 Å². The number of aliphatic hydroxyl groups excluding tert-OH is 1. The summed E-state index contributed by atoms with van der Waals surface area (Å²) >= 11 is 0. The van der Waals surface area contributed by atoms with Crippen LogP contribution in [0.25, 0.3) is 0 Å². The van der Waals surface area contributed by atoms with Crippen molar-refractivity contribution < 1.29 is 5.11 Å². The molecule has 0 spiro atoms. The highest BCUT2D eigenvalue weighted by molar-refractivity contribution is 4.76. The first-order valence-electron chi connectivity index (χ1n) is 4.53. The van der Waals surface area contributed by atoms with E-state index in [1.165, 1.54) is 19.5 Å². The van der Waals surface area contributed by atoms with E-state index in [2.05, 4.69) is 18.9 Å². The maximum Gasteiger partial charge on any atom is 0.0433 e. The lowest BCUT2D eigenvalue weighted by Gasteiger charge is -2.17. The first-order valence-corrected chi connectivity index (χ1v) is 4.53. The van der Waals surface area contributed by atoms with Gasteiger partial charge in [0.15, 0.2) is 0 Å². The van der Waals surface area contributed by atoms with E-state index in [0.717, 1.165) is 12.3 Å². The lowest BCUT2D eigenvalue weighted by Crippen LogP contribution is -2.18. The molecule has 1 N–H and O–H groups in total. The molecule has 1 aliphatic heterocycles. The molecule has 2 atom stereocenters. The molecule has 1 saturated heterocycles. The molecule has 0 aromatic carbocycles. The van der Waals surface area contributed by atoms with Gasteiger partial charge in [0.05, 0.1) is 0 Å². The van der Waals surface area contributed by atoms with E-state index in [1.807, 2.05) is 0 Å². The minimum Gasteiger partial charge on any atom is -0.396 e. The summed E-state index contributed by atoms with van der Waals surface area (Å²) in [5, 5.41) is 8.75. The Hall–Kier alpha value is -0.0800. The molecule has 1 aliphatic rings. The zero-order chi connectivity index (χ0) is 8.27. The normalized spacial score (nSPS) is 29.2. The summed E-state index contributed by atoms with van der Waals surface area (Å²) in [6.07, 6.45) is 2.29. The predicted molar refractivity (Wildman–Crippen MR) is 46.5 cm³/mol. The van der Waals surface area contributed by atoms with Crippen LogP contribution in [0.3, 0.4) is 0 Å². The monoisotopic (exact) mass is 157 g/mol. The van der Waals surface area contributed by atoms with Crippen LogP contribution in [0.5, 0.6) is 0 Å². The highest BCUT2D eigenvalue weighted by atomic mass is 16.3. The van der Waals surface area contributed by atoms with Crippen molar-refractivity contribution in [3.05, 3.63) is 0 Å². The summed E-state index contributed by atoms with van der Waals surface area (Å²) < 4.78 is 0. The largest absolute Gasteiger partial charge is 0.396 e. The molecule has 2 unspecified atom stereocenters. The number of hydrogen-bond donors (Lipinski definition) is 1. The molecule has 66 valence electrons. The van der Waals surface area contributed by atoms with Gasteiger partial charge in [-0.2, -0.15) is 0 Å². The van der Waals surface area contributed by atoms with Crippen molar-refractivity contribution in [1.29, 1.82) is 0 Å². The maximum atomic E-state index is 8.75. The van der Waals surface area contributed by atoms with Gasteiger partial charge in [-0.1, -0.05) is 6.92 Å². The minimum absolute atomic E-state index is 0.349. The molecule has 0 saturated carbocycles. The van der Waals surface area contributed by atoms with E-state index in [-0.39, 0.29) is 0 Å². The van der Waals surface area contributed by atoms with Crippen molar-refractivity contribution in [2.75, 3.05) is 26.7 Å². The molecule has 1 heterocycles. The van der Waals surface area contributed by atoms with Gasteiger partial charge < -0.3 is 10.0 Å². The first-order chi connectivity index (χ1) is 5.24. The van der Waals surface area contributed by atoms with E-state index in [1.54, 1.807) is 0 Å². The van der Waals surface area contributed by atoms with Crippen LogP contribution in [0.2, 0.25) is 0 Å². The fourth-order valence-corrected chi connectivity index (χ4v) is 1.87. The number of rotatable bonds is 3. The molecule has 2 heteroatoms. The quantitative estimate of drug-likeness (QED) is 0.659. The van der Waals surface area contributed by atoms with Crippen LogP contribution in [0.1, 0.15) is 19.8 Å². The number of hydrogen-bond acceptors (Lipinski definition) is 2. The standard InChI is InChI=1S/C9H19NO/c1-8(4-6-11)9-3-5-10(2)7-9/h8-9,11H,3-7H2,1-2H3. The highest BCUT2D eigenvalue weighted by Gasteiger charge is 2.23. The molecule has 0 aromatic rings.